The highest BCUT2D eigenvalue weighted by Gasteiger charge is 2.28. The van der Waals surface area contributed by atoms with Crippen molar-refractivity contribution in [1.29, 1.82) is 0 Å². The molecule has 4 aromatic heterocycles. The Morgan fingerprint density at radius 1 is 0.966 bits per heavy atom. The Morgan fingerprint density at radius 3 is 2.59 bits per heavy atom. The van der Waals surface area contributed by atoms with Gasteiger partial charge in [0.1, 0.15) is 11.6 Å². The van der Waals surface area contributed by atoms with Crippen LogP contribution in [0.2, 0.25) is 0 Å². The summed E-state index contributed by atoms with van der Waals surface area (Å²) in [5.41, 5.74) is 2.74. The number of hydrogen-bond acceptors (Lipinski definition) is 8. The normalized spacial score (nSPS) is 14.0. The first-order valence-corrected chi connectivity index (χ1v) is 9.57. The Morgan fingerprint density at radius 2 is 1.79 bits per heavy atom. The van der Waals surface area contributed by atoms with Gasteiger partial charge in [-0.1, -0.05) is 0 Å². The van der Waals surface area contributed by atoms with Gasteiger partial charge in [-0.15, -0.1) is 10.2 Å². The summed E-state index contributed by atoms with van der Waals surface area (Å²) in [5.74, 6) is 3.06. The summed E-state index contributed by atoms with van der Waals surface area (Å²) in [6, 6.07) is 9.85. The molecular weight excluding hydrogens is 364 g/mol. The zero-order valence-corrected chi connectivity index (χ0v) is 16.0. The molecule has 0 aromatic carbocycles. The molecule has 0 atom stereocenters. The van der Waals surface area contributed by atoms with E-state index in [4.69, 9.17) is 0 Å². The van der Waals surface area contributed by atoms with Crippen LogP contribution in [0.4, 0.5) is 11.6 Å². The molecular formula is C21H20N8. The van der Waals surface area contributed by atoms with E-state index in [0.29, 0.717) is 5.92 Å². The Kier molecular flexibility index (Phi) is 4.44. The highest BCUT2D eigenvalue weighted by Crippen LogP contribution is 2.25. The maximum Gasteiger partial charge on any atom is 0.151 e. The first kappa shape index (κ1) is 17.4. The average Bonchev–Trinajstić information content (AvgIpc) is 2.73. The fourth-order valence-electron chi connectivity index (χ4n) is 3.53. The van der Waals surface area contributed by atoms with Crippen molar-refractivity contribution in [2.45, 2.75) is 6.92 Å². The van der Waals surface area contributed by atoms with Crippen molar-refractivity contribution < 1.29 is 0 Å². The van der Waals surface area contributed by atoms with Gasteiger partial charge in [0.15, 0.2) is 5.82 Å². The maximum absolute atomic E-state index is 4.56. The minimum Gasteiger partial charge on any atom is -0.369 e. The third-order valence-electron chi connectivity index (χ3n) is 5.08. The van der Waals surface area contributed by atoms with E-state index in [2.05, 4.69) is 40.3 Å². The number of pyridine rings is 2. The smallest absolute Gasteiger partial charge is 0.151 e. The summed E-state index contributed by atoms with van der Waals surface area (Å²) in [7, 11) is 0. The summed E-state index contributed by atoms with van der Waals surface area (Å²) in [5, 5.41) is 13.2. The lowest BCUT2D eigenvalue weighted by Gasteiger charge is -2.40. The Bertz CT molecular complexity index is 1120. The molecule has 1 fully saturated rings. The molecule has 0 spiro atoms. The van der Waals surface area contributed by atoms with Crippen molar-refractivity contribution in [3.05, 3.63) is 60.9 Å². The predicted molar refractivity (Wildman–Crippen MR) is 112 cm³/mol. The molecule has 4 aromatic rings. The van der Waals surface area contributed by atoms with Crippen LogP contribution in [0.15, 0.2) is 55.1 Å². The third-order valence-corrected chi connectivity index (χ3v) is 5.08. The highest BCUT2D eigenvalue weighted by atomic mass is 15.3. The summed E-state index contributed by atoms with van der Waals surface area (Å²) in [4.78, 5) is 19.4. The van der Waals surface area contributed by atoms with Crippen molar-refractivity contribution in [1.82, 2.24) is 30.1 Å². The van der Waals surface area contributed by atoms with Crippen LogP contribution in [0.1, 0.15) is 5.82 Å². The summed E-state index contributed by atoms with van der Waals surface area (Å²) >= 11 is 0. The van der Waals surface area contributed by atoms with Gasteiger partial charge in [-0.2, -0.15) is 0 Å². The summed E-state index contributed by atoms with van der Waals surface area (Å²) in [6.45, 7) is 4.64. The molecule has 29 heavy (non-hydrogen) atoms. The lowest BCUT2D eigenvalue weighted by atomic mass is 10.00. The van der Waals surface area contributed by atoms with E-state index in [1.807, 2.05) is 37.3 Å². The van der Waals surface area contributed by atoms with Crippen LogP contribution in [-0.4, -0.2) is 49.8 Å². The number of nitrogens with one attached hydrogen (secondary N) is 1. The van der Waals surface area contributed by atoms with Crippen LogP contribution >= 0.6 is 0 Å². The van der Waals surface area contributed by atoms with E-state index < -0.39 is 0 Å². The van der Waals surface area contributed by atoms with E-state index in [1.165, 1.54) is 0 Å². The van der Waals surface area contributed by atoms with Gasteiger partial charge in [-0.3, -0.25) is 9.97 Å². The number of anilines is 2. The zero-order valence-electron chi connectivity index (χ0n) is 16.0. The molecule has 0 amide bonds. The van der Waals surface area contributed by atoms with Crippen molar-refractivity contribution in [2.24, 2.45) is 5.92 Å². The Hall–Kier alpha value is -3.68. The van der Waals surface area contributed by atoms with Crippen LogP contribution in [0.25, 0.3) is 22.2 Å². The second kappa shape index (κ2) is 7.38. The fraction of sp³-hybridized carbons (Fsp3) is 0.238. The molecule has 1 aliphatic rings. The van der Waals surface area contributed by atoms with Gasteiger partial charge in [0, 0.05) is 55.1 Å². The lowest BCUT2D eigenvalue weighted by Crippen LogP contribution is -2.50. The van der Waals surface area contributed by atoms with E-state index in [1.54, 1.807) is 24.8 Å². The maximum atomic E-state index is 4.56. The first-order valence-electron chi connectivity index (χ1n) is 9.57. The van der Waals surface area contributed by atoms with E-state index in [-0.39, 0.29) is 0 Å². The first-order chi connectivity index (χ1) is 14.3. The van der Waals surface area contributed by atoms with Gasteiger partial charge in [0.2, 0.25) is 0 Å². The van der Waals surface area contributed by atoms with Crippen LogP contribution < -0.4 is 10.2 Å². The standard InChI is InChI=1S/C21H20N8/c1-14-25-19-11-23-9-6-17(19)21(26-14)24-10-15-12-29(13-15)20-3-2-18(27-28-20)16-4-7-22-8-5-16/h2-9,11,15H,10,12-13H2,1H3,(H,24,25,26). The molecule has 5 rings (SSSR count). The van der Waals surface area contributed by atoms with Crippen LogP contribution in [0, 0.1) is 12.8 Å². The zero-order chi connectivity index (χ0) is 19.6. The van der Waals surface area contributed by atoms with E-state index in [0.717, 1.165) is 59.3 Å². The van der Waals surface area contributed by atoms with Gasteiger partial charge in [-0.05, 0) is 37.3 Å². The number of aromatic nitrogens is 6. The number of hydrogen-bond donors (Lipinski definition) is 1. The third kappa shape index (κ3) is 3.56. The molecule has 0 radical (unpaired) electrons. The van der Waals surface area contributed by atoms with Crippen LogP contribution in [0.3, 0.4) is 0 Å². The van der Waals surface area contributed by atoms with Gasteiger partial charge in [0.05, 0.1) is 17.4 Å². The van der Waals surface area contributed by atoms with Crippen molar-refractivity contribution in [3.63, 3.8) is 0 Å². The molecule has 8 nitrogen and oxygen atoms in total. The number of aryl methyl sites for hydroxylation is 1. The summed E-state index contributed by atoms with van der Waals surface area (Å²) in [6.07, 6.45) is 7.06. The Labute approximate surface area is 168 Å². The van der Waals surface area contributed by atoms with Gasteiger partial charge >= 0.3 is 0 Å². The van der Waals surface area contributed by atoms with Gasteiger partial charge < -0.3 is 10.2 Å². The monoisotopic (exact) mass is 384 g/mol. The molecule has 0 unspecified atom stereocenters. The Balaban J connectivity index is 1.20. The molecule has 1 N–H and O–H groups in total. The van der Waals surface area contributed by atoms with Gasteiger partial charge in [-0.25, -0.2) is 9.97 Å². The largest absolute Gasteiger partial charge is 0.369 e. The minimum atomic E-state index is 0.531. The second-order valence-electron chi connectivity index (χ2n) is 7.18. The van der Waals surface area contributed by atoms with Crippen molar-refractivity contribution in [3.8, 4) is 11.3 Å². The van der Waals surface area contributed by atoms with E-state index in [9.17, 15) is 0 Å². The molecule has 0 bridgehead atoms. The molecule has 0 aliphatic carbocycles. The van der Waals surface area contributed by atoms with Crippen molar-refractivity contribution >= 4 is 22.5 Å². The molecule has 1 saturated heterocycles. The van der Waals surface area contributed by atoms with E-state index >= 15 is 0 Å². The summed E-state index contributed by atoms with van der Waals surface area (Å²) < 4.78 is 0. The molecule has 0 saturated carbocycles. The molecule has 5 heterocycles. The number of fused-ring (bicyclic) bond motifs is 1. The lowest BCUT2D eigenvalue weighted by molar-refractivity contribution is 0.425. The fourth-order valence-corrected chi connectivity index (χ4v) is 3.53. The van der Waals surface area contributed by atoms with Crippen molar-refractivity contribution in [2.75, 3.05) is 29.9 Å². The second-order valence-corrected chi connectivity index (χ2v) is 7.18. The number of nitrogens with zero attached hydrogens (tertiary/aromatic N) is 7. The SMILES string of the molecule is Cc1nc(NCC2CN(c3ccc(-c4ccncc4)nn3)C2)c2ccncc2n1. The molecule has 144 valence electrons. The van der Waals surface area contributed by atoms with Gasteiger partial charge in [0.25, 0.3) is 0 Å². The average molecular weight is 384 g/mol. The minimum absolute atomic E-state index is 0.531. The quantitative estimate of drug-likeness (QED) is 0.561. The highest BCUT2D eigenvalue weighted by molar-refractivity contribution is 5.88. The molecule has 1 aliphatic heterocycles. The number of rotatable bonds is 5. The van der Waals surface area contributed by atoms with Crippen LogP contribution in [-0.2, 0) is 0 Å². The topological polar surface area (TPSA) is 92.6 Å². The van der Waals surface area contributed by atoms with Crippen LogP contribution in [0.5, 0.6) is 0 Å². The molecule has 8 heteroatoms. The predicted octanol–water partition coefficient (Wildman–Crippen LogP) is 2.73.